The summed E-state index contributed by atoms with van der Waals surface area (Å²) < 4.78 is 1.19. The van der Waals surface area contributed by atoms with E-state index >= 15 is 0 Å². The molecule has 0 spiro atoms. The third-order valence-electron chi connectivity index (χ3n) is 2.75. The molecule has 0 bridgehead atoms. The van der Waals surface area contributed by atoms with Gasteiger partial charge in [0.05, 0.1) is 0 Å². The van der Waals surface area contributed by atoms with Crippen molar-refractivity contribution in [3.63, 3.8) is 0 Å². The van der Waals surface area contributed by atoms with Crippen molar-refractivity contribution in [2.75, 3.05) is 0 Å². The highest BCUT2D eigenvalue weighted by atomic mass is 16.6. The lowest BCUT2D eigenvalue weighted by Gasteiger charge is -2.00. The Bertz CT molecular complexity index is 435. The molecule has 1 aromatic rings. The molecule has 0 N–H and O–H groups in total. The molecular formula is C8H10N4O4. The van der Waals surface area contributed by atoms with E-state index in [1.807, 2.05) is 0 Å². The largest absolute Gasteiger partial charge is 0.420 e. The second-order valence-corrected chi connectivity index (χ2v) is 3.76. The first-order valence-electron chi connectivity index (χ1n) is 4.98. The minimum Gasteiger partial charge on any atom is -0.358 e. The van der Waals surface area contributed by atoms with Gasteiger partial charge in [0, 0.05) is 0 Å². The highest BCUT2D eigenvalue weighted by Crippen LogP contribution is 2.33. The van der Waals surface area contributed by atoms with Gasteiger partial charge < -0.3 is 20.2 Å². The van der Waals surface area contributed by atoms with Crippen LogP contribution in [0.15, 0.2) is 6.07 Å². The lowest BCUT2D eigenvalue weighted by molar-refractivity contribution is -0.395. The third-order valence-corrected chi connectivity index (χ3v) is 2.75. The predicted molar refractivity (Wildman–Crippen MR) is 53.0 cm³/mol. The number of rotatable bonds is 3. The van der Waals surface area contributed by atoms with Crippen LogP contribution in [-0.4, -0.2) is 19.6 Å². The summed E-state index contributed by atoms with van der Waals surface area (Å²) in [4.78, 5) is 19.9. The summed E-state index contributed by atoms with van der Waals surface area (Å²) in [5.41, 5.74) is 0. The molecule has 0 aliphatic heterocycles. The SMILES string of the molecule is O=[N+]([O-])c1cc([N+](=O)[O-])n(C2CCCC2)n1. The Labute approximate surface area is 90.2 Å². The van der Waals surface area contributed by atoms with Crippen molar-refractivity contribution >= 4 is 11.6 Å². The van der Waals surface area contributed by atoms with Gasteiger partial charge in [0.1, 0.15) is 17.2 Å². The Morgan fingerprint density at radius 1 is 1.25 bits per heavy atom. The van der Waals surface area contributed by atoms with E-state index in [1.54, 1.807) is 0 Å². The van der Waals surface area contributed by atoms with E-state index in [9.17, 15) is 20.2 Å². The van der Waals surface area contributed by atoms with Crippen molar-refractivity contribution < 1.29 is 9.85 Å². The molecule has 0 radical (unpaired) electrons. The lowest BCUT2D eigenvalue weighted by Crippen LogP contribution is -2.10. The molecule has 0 atom stereocenters. The van der Waals surface area contributed by atoms with Crippen molar-refractivity contribution in [2.24, 2.45) is 0 Å². The van der Waals surface area contributed by atoms with E-state index in [4.69, 9.17) is 0 Å². The van der Waals surface area contributed by atoms with Gasteiger partial charge in [-0.1, -0.05) is 0 Å². The zero-order chi connectivity index (χ0) is 11.7. The van der Waals surface area contributed by atoms with Crippen LogP contribution < -0.4 is 0 Å². The molecule has 8 nitrogen and oxygen atoms in total. The van der Waals surface area contributed by atoms with E-state index in [0.717, 1.165) is 31.7 Å². The van der Waals surface area contributed by atoms with Crippen molar-refractivity contribution in [1.29, 1.82) is 0 Å². The molecule has 1 fully saturated rings. The molecule has 8 heteroatoms. The number of hydrogen-bond donors (Lipinski definition) is 0. The van der Waals surface area contributed by atoms with Gasteiger partial charge >= 0.3 is 11.6 Å². The van der Waals surface area contributed by atoms with Crippen LogP contribution >= 0.6 is 0 Å². The maximum absolute atomic E-state index is 10.7. The summed E-state index contributed by atoms with van der Waals surface area (Å²) in [6, 6.07) is 0.840. The molecule has 2 rings (SSSR count). The quantitative estimate of drug-likeness (QED) is 0.577. The molecule has 1 saturated carbocycles. The van der Waals surface area contributed by atoms with Crippen LogP contribution in [0.2, 0.25) is 0 Å². The smallest absolute Gasteiger partial charge is 0.358 e. The predicted octanol–water partition coefficient (Wildman–Crippen LogP) is 1.81. The zero-order valence-corrected chi connectivity index (χ0v) is 8.40. The first-order chi connectivity index (χ1) is 7.59. The molecule has 1 heterocycles. The molecule has 16 heavy (non-hydrogen) atoms. The van der Waals surface area contributed by atoms with Crippen molar-refractivity contribution in [3.8, 4) is 0 Å². The normalized spacial score (nSPS) is 16.5. The average molecular weight is 226 g/mol. The van der Waals surface area contributed by atoms with Gasteiger partial charge in [-0.2, -0.15) is 0 Å². The van der Waals surface area contributed by atoms with E-state index in [1.165, 1.54) is 4.68 Å². The fourth-order valence-corrected chi connectivity index (χ4v) is 2.02. The van der Waals surface area contributed by atoms with Crippen LogP contribution in [-0.2, 0) is 0 Å². The van der Waals surface area contributed by atoms with Gasteiger partial charge in [-0.3, -0.25) is 0 Å². The minimum atomic E-state index is -0.710. The molecule has 0 unspecified atom stereocenters. The van der Waals surface area contributed by atoms with E-state index < -0.39 is 15.7 Å². The summed E-state index contributed by atoms with van der Waals surface area (Å²) in [5.74, 6) is -0.753. The van der Waals surface area contributed by atoms with Gasteiger partial charge in [0.15, 0.2) is 0 Å². The summed E-state index contributed by atoms with van der Waals surface area (Å²) in [6.07, 6.45) is 3.55. The van der Waals surface area contributed by atoms with Gasteiger partial charge in [0.2, 0.25) is 0 Å². The molecular weight excluding hydrogens is 216 g/mol. The maximum atomic E-state index is 10.7. The van der Waals surface area contributed by atoms with Gasteiger partial charge in [-0.05, 0) is 40.2 Å². The summed E-state index contributed by atoms with van der Waals surface area (Å²) in [6.45, 7) is 0. The fourth-order valence-electron chi connectivity index (χ4n) is 2.02. The monoisotopic (exact) mass is 226 g/mol. The third kappa shape index (κ3) is 1.73. The Hall–Kier alpha value is -1.99. The fraction of sp³-hybridized carbons (Fsp3) is 0.625. The molecule has 0 aromatic carbocycles. The van der Waals surface area contributed by atoms with Crippen LogP contribution in [0.3, 0.4) is 0 Å². The Morgan fingerprint density at radius 2 is 1.88 bits per heavy atom. The van der Waals surface area contributed by atoms with Crippen LogP contribution in [0, 0.1) is 20.2 Å². The van der Waals surface area contributed by atoms with Crippen LogP contribution in [0.25, 0.3) is 0 Å². The molecule has 1 aromatic heterocycles. The summed E-state index contributed by atoms with van der Waals surface area (Å²) >= 11 is 0. The highest BCUT2D eigenvalue weighted by Gasteiger charge is 2.35. The Balaban J connectivity index is 2.40. The van der Waals surface area contributed by atoms with Crippen molar-refractivity contribution in [1.82, 2.24) is 9.78 Å². The zero-order valence-electron chi connectivity index (χ0n) is 8.40. The van der Waals surface area contributed by atoms with Crippen molar-refractivity contribution in [3.05, 3.63) is 26.3 Å². The number of aromatic nitrogens is 2. The average Bonchev–Trinajstić information content (AvgIpc) is 2.86. The van der Waals surface area contributed by atoms with Crippen molar-refractivity contribution in [2.45, 2.75) is 31.7 Å². The van der Waals surface area contributed by atoms with E-state index in [0.29, 0.717) is 0 Å². The summed E-state index contributed by atoms with van der Waals surface area (Å²) in [5, 5.41) is 24.9. The second kappa shape index (κ2) is 3.87. The van der Waals surface area contributed by atoms with Crippen LogP contribution in [0.1, 0.15) is 31.7 Å². The Morgan fingerprint density at radius 3 is 2.38 bits per heavy atom. The number of hydrogen-bond acceptors (Lipinski definition) is 5. The van der Waals surface area contributed by atoms with E-state index in [2.05, 4.69) is 5.10 Å². The molecule has 1 aliphatic carbocycles. The molecule has 1 aliphatic rings. The van der Waals surface area contributed by atoms with E-state index in [-0.39, 0.29) is 11.9 Å². The second-order valence-electron chi connectivity index (χ2n) is 3.76. The Kier molecular flexibility index (Phi) is 2.55. The highest BCUT2D eigenvalue weighted by molar-refractivity contribution is 5.32. The van der Waals surface area contributed by atoms with Crippen LogP contribution in [0.4, 0.5) is 11.6 Å². The lowest BCUT2D eigenvalue weighted by atomic mass is 10.2. The van der Waals surface area contributed by atoms with Crippen LogP contribution in [0.5, 0.6) is 0 Å². The van der Waals surface area contributed by atoms with Gasteiger partial charge in [0.25, 0.3) is 0 Å². The topological polar surface area (TPSA) is 104 Å². The van der Waals surface area contributed by atoms with Gasteiger partial charge in [-0.15, -0.1) is 0 Å². The molecule has 86 valence electrons. The molecule has 0 saturated heterocycles. The maximum Gasteiger partial charge on any atom is 0.420 e. The minimum absolute atomic E-state index is 0.0749. The van der Waals surface area contributed by atoms with Gasteiger partial charge in [-0.25, -0.2) is 0 Å². The number of nitrogens with zero attached hydrogens (tertiary/aromatic N) is 4. The summed E-state index contributed by atoms with van der Waals surface area (Å²) in [7, 11) is 0. The molecule has 0 amide bonds. The first-order valence-corrected chi connectivity index (χ1v) is 4.98. The first kappa shape index (κ1) is 10.5. The standard InChI is InChI=1S/C8H10N4O4/c13-11(14)7-5-8(12(15)16)10(9-7)6-3-1-2-4-6/h5-6H,1-4H2. The number of nitro groups is 2.